The van der Waals surface area contributed by atoms with Gasteiger partial charge in [-0.05, 0) is 47.0 Å². The van der Waals surface area contributed by atoms with Gasteiger partial charge in [-0.3, -0.25) is 4.79 Å². The Morgan fingerprint density at radius 2 is 2.00 bits per heavy atom. The molecule has 0 aliphatic rings. The molecule has 0 unspecified atom stereocenters. The van der Waals surface area contributed by atoms with E-state index >= 15 is 0 Å². The first-order chi connectivity index (χ1) is 8.01. The predicted octanol–water partition coefficient (Wildman–Crippen LogP) is 2.90. The molecule has 0 aliphatic carbocycles. The van der Waals surface area contributed by atoms with Crippen LogP contribution in [0.2, 0.25) is 0 Å². The second kappa shape index (κ2) is 5.91. The van der Waals surface area contributed by atoms with E-state index in [0.717, 1.165) is 5.56 Å². The van der Waals surface area contributed by atoms with E-state index in [2.05, 4.69) is 20.7 Å². The Labute approximate surface area is 107 Å². The van der Waals surface area contributed by atoms with Gasteiger partial charge in [-0.15, -0.1) is 0 Å². The Hall–Kier alpha value is -1.23. The molecule has 3 nitrogen and oxygen atoms in total. The number of hydrogen-bond donors (Lipinski definition) is 0. The zero-order chi connectivity index (χ0) is 13.0. The van der Waals surface area contributed by atoms with Crippen molar-refractivity contribution in [3.8, 4) is 0 Å². The van der Waals surface area contributed by atoms with Crippen LogP contribution in [0, 0.1) is 5.82 Å². The van der Waals surface area contributed by atoms with E-state index < -0.39 is 17.6 Å². The van der Waals surface area contributed by atoms with Crippen LogP contribution in [0.3, 0.4) is 0 Å². The van der Waals surface area contributed by atoms with E-state index in [4.69, 9.17) is 0 Å². The molecule has 1 rings (SSSR count). The third-order valence-electron chi connectivity index (χ3n) is 2.20. The van der Waals surface area contributed by atoms with Gasteiger partial charge in [-0.2, -0.15) is 0 Å². The molecule has 17 heavy (non-hydrogen) atoms. The van der Waals surface area contributed by atoms with Gasteiger partial charge < -0.3 is 4.74 Å². The SMILES string of the molecule is CCOC(=O)C(=O)c1cc(CC)cc(Br)c1F. The zero-order valence-corrected chi connectivity index (χ0v) is 11.1. The van der Waals surface area contributed by atoms with Crippen LogP contribution in [-0.4, -0.2) is 18.4 Å². The van der Waals surface area contributed by atoms with Gasteiger partial charge in [0.1, 0.15) is 5.82 Å². The first kappa shape index (κ1) is 13.8. The lowest BCUT2D eigenvalue weighted by Gasteiger charge is -2.06. The number of rotatable bonds is 4. The normalized spacial score (nSPS) is 10.1. The fourth-order valence-electron chi connectivity index (χ4n) is 1.32. The third-order valence-corrected chi connectivity index (χ3v) is 2.78. The van der Waals surface area contributed by atoms with Crippen LogP contribution >= 0.6 is 15.9 Å². The molecule has 0 bridgehead atoms. The maximum Gasteiger partial charge on any atom is 0.379 e. The van der Waals surface area contributed by atoms with Crippen LogP contribution in [0.4, 0.5) is 4.39 Å². The molecule has 1 aromatic rings. The van der Waals surface area contributed by atoms with Crippen molar-refractivity contribution in [2.75, 3.05) is 6.61 Å². The lowest BCUT2D eigenvalue weighted by atomic mass is 10.0. The Morgan fingerprint density at radius 3 is 2.53 bits per heavy atom. The molecular formula is C12H12BrFO3. The summed E-state index contributed by atoms with van der Waals surface area (Å²) in [7, 11) is 0. The largest absolute Gasteiger partial charge is 0.460 e. The van der Waals surface area contributed by atoms with Crippen molar-refractivity contribution in [2.24, 2.45) is 0 Å². The van der Waals surface area contributed by atoms with Gasteiger partial charge in [0.25, 0.3) is 5.78 Å². The topological polar surface area (TPSA) is 43.4 Å². The number of aryl methyl sites for hydroxylation is 1. The van der Waals surface area contributed by atoms with Gasteiger partial charge in [0.15, 0.2) is 0 Å². The van der Waals surface area contributed by atoms with E-state index in [9.17, 15) is 14.0 Å². The summed E-state index contributed by atoms with van der Waals surface area (Å²) in [6.45, 7) is 3.54. The van der Waals surface area contributed by atoms with Crippen molar-refractivity contribution < 1.29 is 18.7 Å². The fraction of sp³-hybridized carbons (Fsp3) is 0.333. The minimum atomic E-state index is -1.04. The van der Waals surface area contributed by atoms with Crippen molar-refractivity contribution in [3.63, 3.8) is 0 Å². The number of halogens is 2. The van der Waals surface area contributed by atoms with Crippen molar-refractivity contribution in [2.45, 2.75) is 20.3 Å². The number of ketones is 1. The molecule has 1 aromatic carbocycles. The number of Topliss-reactive ketones (excluding diaryl/α,β-unsaturated/α-hetero) is 1. The van der Waals surface area contributed by atoms with Gasteiger partial charge in [0, 0.05) is 0 Å². The summed E-state index contributed by atoms with van der Waals surface area (Å²) in [6.07, 6.45) is 0.641. The summed E-state index contributed by atoms with van der Waals surface area (Å²) in [4.78, 5) is 22.9. The second-order valence-corrected chi connectivity index (χ2v) is 4.20. The molecule has 0 saturated carbocycles. The molecule has 0 aromatic heterocycles. The van der Waals surface area contributed by atoms with Crippen LogP contribution < -0.4 is 0 Å². The smallest absolute Gasteiger partial charge is 0.379 e. The van der Waals surface area contributed by atoms with Gasteiger partial charge in [-0.25, -0.2) is 9.18 Å². The molecule has 0 aliphatic heterocycles. The Kier molecular flexibility index (Phi) is 4.81. The molecule has 0 spiro atoms. The van der Waals surface area contributed by atoms with Crippen LogP contribution in [-0.2, 0) is 16.0 Å². The first-order valence-corrected chi connectivity index (χ1v) is 5.99. The third kappa shape index (κ3) is 3.12. The van der Waals surface area contributed by atoms with E-state index in [1.54, 1.807) is 13.0 Å². The molecule has 0 amide bonds. The molecule has 0 atom stereocenters. The number of hydrogen-bond acceptors (Lipinski definition) is 3. The van der Waals surface area contributed by atoms with Gasteiger partial charge in [-0.1, -0.05) is 6.92 Å². The maximum absolute atomic E-state index is 13.7. The highest BCUT2D eigenvalue weighted by molar-refractivity contribution is 9.10. The average molecular weight is 303 g/mol. The summed E-state index contributed by atoms with van der Waals surface area (Å²) in [5.74, 6) is -2.73. The monoisotopic (exact) mass is 302 g/mol. The highest BCUT2D eigenvalue weighted by Gasteiger charge is 2.23. The molecule has 0 fully saturated rings. The summed E-state index contributed by atoms with van der Waals surface area (Å²) in [5, 5.41) is 0. The van der Waals surface area contributed by atoms with Crippen molar-refractivity contribution in [1.29, 1.82) is 0 Å². The van der Waals surface area contributed by atoms with E-state index in [1.165, 1.54) is 6.07 Å². The highest BCUT2D eigenvalue weighted by atomic mass is 79.9. The number of ether oxygens (including phenoxy) is 1. The zero-order valence-electron chi connectivity index (χ0n) is 9.55. The quantitative estimate of drug-likeness (QED) is 0.488. The molecule has 5 heteroatoms. The van der Waals surface area contributed by atoms with Gasteiger partial charge >= 0.3 is 5.97 Å². The summed E-state index contributed by atoms with van der Waals surface area (Å²) >= 11 is 3.01. The minimum absolute atomic E-state index is 0.0842. The number of esters is 1. The first-order valence-electron chi connectivity index (χ1n) is 5.20. The number of carbonyl (C=O) groups is 2. The predicted molar refractivity (Wildman–Crippen MR) is 64.4 cm³/mol. The van der Waals surface area contributed by atoms with Crippen molar-refractivity contribution >= 4 is 27.7 Å². The number of carbonyl (C=O) groups excluding carboxylic acids is 2. The summed E-state index contributed by atoms with van der Waals surface area (Å²) in [6, 6.07) is 2.95. The molecule has 0 radical (unpaired) electrons. The van der Waals surface area contributed by atoms with Crippen molar-refractivity contribution in [3.05, 3.63) is 33.5 Å². The Balaban J connectivity index is 3.16. The summed E-state index contributed by atoms with van der Waals surface area (Å²) in [5.41, 5.74) is 0.514. The molecule has 0 heterocycles. The van der Waals surface area contributed by atoms with Gasteiger partial charge in [0.05, 0.1) is 16.6 Å². The van der Waals surface area contributed by atoms with Crippen LogP contribution in [0.5, 0.6) is 0 Å². The van der Waals surface area contributed by atoms with E-state index in [0.29, 0.717) is 6.42 Å². The van der Waals surface area contributed by atoms with Crippen LogP contribution in [0.15, 0.2) is 16.6 Å². The minimum Gasteiger partial charge on any atom is -0.460 e. The lowest BCUT2D eigenvalue weighted by Crippen LogP contribution is -2.19. The summed E-state index contributed by atoms with van der Waals surface area (Å²) < 4.78 is 18.4. The van der Waals surface area contributed by atoms with E-state index in [-0.39, 0.29) is 16.6 Å². The fourth-order valence-corrected chi connectivity index (χ4v) is 1.83. The van der Waals surface area contributed by atoms with Crippen molar-refractivity contribution in [1.82, 2.24) is 0 Å². The molecule has 0 N–H and O–H groups in total. The highest BCUT2D eigenvalue weighted by Crippen LogP contribution is 2.22. The molecular weight excluding hydrogens is 291 g/mol. The van der Waals surface area contributed by atoms with Crippen LogP contribution in [0.1, 0.15) is 29.8 Å². The Morgan fingerprint density at radius 1 is 1.35 bits per heavy atom. The Bertz CT molecular complexity index is 457. The number of benzene rings is 1. The van der Waals surface area contributed by atoms with Crippen LogP contribution in [0.25, 0.3) is 0 Å². The second-order valence-electron chi connectivity index (χ2n) is 3.34. The standard InChI is InChI=1S/C12H12BrFO3/c1-3-7-5-8(10(14)9(13)6-7)11(15)12(16)17-4-2/h5-6H,3-4H2,1-2H3. The lowest BCUT2D eigenvalue weighted by molar-refractivity contribution is -0.137. The van der Waals surface area contributed by atoms with E-state index in [1.807, 2.05) is 6.92 Å². The average Bonchev–Trinajstić information content (AvgIpc) is 2.31. The maximum atomic E-state index is 13.7. The molecule has 0 saturated heterocycles. The van der Waals surface area contributed by atoms with Gasteiger partial charge in [0.2, 0.25) is 0 Å². The molecule has 92 valence electrons.